The van der Waals surface area contributed by atoms with E-state index in [1.807, 2.05) is 20.8 Å². The Morgan fingerprint density at radius 1 is 1.42 bits per heavy atom. The van der Waals surface area contributed by atoms with E-state index in [2.05, 4.69) is 29.1 Å². The molecule has 2 N–H and O–H groups in total. The maximum atomic E-state index is 12.5. The van der Waals surface area contributed by atoms with Crippen molar-refractivity contribution in [3.05, 3.63) is 18.2 Å². The van der Waals surface area contributed by atoms with E-state index in [9.17, 15) is 9.59 Å². The predicted molar refractivity (Wildman–Crippen MR) is 97.5 cm³/mol. The average Bonchev–Trinajstić information content (AvgIpc) is 3.13. The Morgan fingerprint density at radius 2 is 2.12 bits per heavy atom. The Kier molecular flexibility index (Phi) is 6.44. The van der Waals surface area contributed by atoms with Crippen molar-refractivity contribution in [2.45, 2.75) is 84.2 Å². The lowest BCUT2D eigenvalue weighted by atomic mass is 9.88. The van der Waals surface area contributed by atoms with Crippen molar-refractivity contribution >= 4 is 11.9 Å². The normalized spacial score (nSPS) is 24.5. The third-order valence-electron chi connectivity index (χ3n) is 4.29. The van der Waals surface area contributed by atoms with Gasteiger partial charge in [0.1, 0.15) is 5.60 Å². The summed E-state index contributed by atoms with van der Waals surface area (Å²) >= 11 is 0. The number of nitrogens with zero attached hydrogens (tertiary/aromatic N) is 1. The maximum absolute atomic E-state index is 12.5. The molecule has 1 saturated heterocycles. The highest BCUT2D eigenvalue weighted by Gasteiger charge is 2.45. The van der Waals surface area contributed by atoms with Crippen LogP contribution in [-0.2, 0) is 19.1 Å². The molecular formula is C19H31N3O4. The van der Waals surface area contributed by atoms with E-state index in [0.29, 0.717) is 12.3 Å². The van der Waals surface area contributed by atoms with Gasteiger partial charge in [-0.05, 0) is 39.5 Å². The second-order valence-corrected chi connectivity index (χ2v) is 8.41. The van der Waals surface area contributed by atoms with Crippen LogP contribution in [0, 0.1) is 5.92 Å². The minimum absolute atomic E-state index is 0.0642. The summed E-state index contributed by atoms with van der Waals surface area (Å²) in [5.41, 5.74) is 0.330. The Bertz CT molecular complexity index is 607. The van der Waals surface area contributed by atoms with Gasteiger partial charge < -0.3 is 19.8 Å². The highest BCUT2D eigenvalue weighted by atomic mass is 16.6. The molecule has 7 heteroatoms. The molecule has 0 aromatic carbocycles. The third-order valence-corrected chi connectivity index (χ3v) is 4.29. The summed E-state index contributed by atoms with van der Waals surface area (Å²) in [5, 5.41) is 3.00. The molecule has 1 aliphatic heterocycles. The molecule has 1 aliphatic rings. The molecule has 2 rings (SSSR count). The number of rotatable bonds is 6. The lowest BCUT2D eigenvalue weighted by Gasteiger charge is -2.29. The minimum atomic E-state index is -0.657. The first-order valence-electron chi connectivity index (χ1n) is 9.20. The van der Waals surface area contributed by atoms with E-state index in [0.717, 1.165) is 12.1 Å². The van der Waals surface area contributed by atoms with Gasteiger partial charge in [-0.1, -0.05) is 13.8 Å². The second-order valence-electron chi connectivity index (χ2n) is 8.41. The number of hydrogen-bond donors (Lipinski definition) is 2. The second kappa shape index (κ2) is 8.20. The number of nitrogens with one attached hydrogen (secondary N) is 2. The molecule has 146 valence electrons. The summed E-state index contributed by atoms with van der Waals surface area (Å²) < 4.78 is 11.6. The highest BCUT2D eigenvalue weighted by molar-refractivity contribution is 5.76. The Balaban J connectivity index is 2.24. The molecule has 0 aliphatic carbocycles. The minimum Gasteiger partial charge on any atom is -0.458 e. The van der Waals surface area contributed by atoms with E-state index in [4.69, 9.17) is 9.47 Å². The first kappa shape index (κ1) is 20.4. The lowest BCUT2D eigenvalue weighted by molar-refractivity contribution is -0.168. The molecule has 1 aromatic heterocycles. The first-order chi connectivity index (χ1) is 12.1. The number of imidazole rings is 1. The molecule has 0 unspecified atom stereocenters. The third kappa shape index (κ3) is 5.56. The van der Waals surface area contributed by atoms with Crippen LogP contribution in [0.25, 0.3) is 0 Å². The van der Waals surface area contributed by atoms with Crippen LogP contribution in [0.5, 0.6) is 0 Å². The zero-order valence-electron chi connectivity index (χ0n) is 16.5. The van der Waals surface area contributed by atoms with Crippen molar-refractivity contribution in [3.63, 3.8) is 0 Å². The van der Waals surface area contributed by atoms with Gasteiger partial charge in [-0.3, -0.25) is 4.79 Å². The number of ether oxygens (including phenoxy) is 2. The van der Waals surface area contributed by atoms with Crippen LogP contribution in [0.3, 0.4) is 0 Å². The van der Waals surface area contributed by atoms with Gasteiger partial charge in [-0.2, -0.15) is 0 Å². The van der Waals surface area contributed by atoms with Crippen molar-refractivity contribution < 1.29 is 19.1 Å². The molecule has 4 atom stereocenters. The standard InChI is InChI=1S/C19H31N3O4/c1-11(2)7-14(22-12(3)23)17-13(15-9-20-10-21-15)8-16(25-17)18(24)26-19(4,5)6/h9-11,13-14,16-17H,7-8H2,1-6H3,(H,20,21)(H,22,23)/t13-,14-,16+,17+/m0/s1. The van der Waals surface area contributed by atoms with Gasteiger partial charge in [-0.15, -0.1) is 0 Å². The van der Waals surface area contributed by atoms with Gasteiger partial charge >= 0.3 is 5.97 Å². The molecule has 26 heavy (non-hydrogen) atoms. The molecule has 0 radical (unpaired) electrons. The number of esters is 1. The summed E-state index contributed by atoms with van der Waals surface area (Å²) in [6, 6.07) is -0.187. The largest absolute Gasteiger partial charge is 0.458 e. The van der Waals surface area contributed by atoms with Gasteiger partial charge in [0.05, 0.1) is 18.5 Å². The number of aromatic amines is 1. The van der Waals surface area contributed by atoms with Gasteiger partial charge in [-0.25, -0.2) is 9.78 Å². The monoisotopic (exact) mass is 365 g/mol. The lowest BCUT2D eigenvalue weighted by Crippen LogP contribution is -2.45. The maximum Gasteiger partial charge on any atom is 0.335 e. The number of carbonyl (C=O) groups excluding carboxylic acids is 2. The van der Waals surface area contributed by atoms with E-state index in [1.54, 1.807) is 12.5 Å². The van der Waals surface area contributed by atoms with Crippen LogP contribution in [0.1, 0.15) is 66.0 Å². The molecule has 1 fully saturated rings. The smallest absolute Gasteiger partial charge is 0.335 e. The molecule has 0 saturated carbocycles. The zero-order chi connectivity index (χ0) is 19.5. The van der Waals surface area contributed by atoms with E-state index in [-0.39, 0.29) is 29.9 Å². The van der Waals surface area contributed by atoms with E-state index >= 15 is 0 Å². The number of aromatic nitrogens is 2. The van der Waals surface area contributed by atoms with Gasteiger partial charge in [0, 0.05) is 24.7 Å². The van der Waals surface area contributed by atoms with Crippen molar-refractivity contribution in [2.75, 3.05) is 0 Å². The molecular weight excluding hydrogens is 334 g/mol. The Labute approximate surface area is 155 Å². The molecule has 0 bridgehead atoms. The van der Waals surface area contributed by atoms with Crippen LogP contribution in [-0.4, -0.2) is 45.7 Å². The van der Waals surface area contributed by atoms with Crippen LogP contribution < -0.4 is 5.32 Å². The predicted octanol–water partition coefficient (Wildman–Crippen LogP) is 2.54. The topological polar surface area (TPSA) is 93.3 Å². The summed E-state index contributed by atoms with van der Waals surface area (Å²) in [7, 11) is 0. The van der Waals surface area contributed by atoms with Gasteiger partial charge in [0.15, 0.2) is 6.10 Å². The molecule has 7 nitrogen and oxygen atoms in total. The molecule has 0 spiro atoms. The summed E-state index contributed by atoms with van der Waals surface area (Å²) in [5.74, 6) is -0.164. The van der Waals surface area contributed by atoms with Crippen LogP contribution in [0.4, 0.5) is 0 Å². The number of amides is 1. The fourth-order valence-corrected chi connectivity index (χ4v) is 3.42. The average molecular weight is 365 g/mol. The Hall–Kier alpha value is -1.89. The zero-order valence-corrected chi connectivity index (χ0v) is 16.5. The van der Waals surface area contributed by atoms with Crippen molar-refractivity contribution in [2.24, 2.45) is 5.92 Å². The summed E-state index contributed by atoms with van der Waals surface area (Å²) in [4.78, 5) is 31.5. The summed E-state index contributed by atoms with van der Waals surface area (Å²) in [6.45, 7) is 11.2. The van der Waals surface area contributed by atoms with Crippen LogP contribution >= 0.6 is 0 Å². The van der Waals surface area contributed by atoms with E-state index < -0.39 is 11.7 Å². The molecule has 1 aromatic rings. The molecule has 2 heterocycles. The van der Waals surface area contributed by atoms with Crippen LogP contribution in [0.2, 0.25) is 0 Å². The van der Waals surface area contributed by atoms with Crippen molar-refractivity contribution in [3.8, 4) is 0 Å². The van der Waals surface area contributed by atoms with Gasteiger partial charge in [0.25, 0.3) is 0 Å². The Morgan fingerprint density at radius 3 is 2.62 bits per heavy atom. The number of H-pyrrole nitrogens is 1. The van der Waals surface area contributed by atoms with Crippen molar-refractivity contribution in [1.82, 2.24) is 15.3 Å². The van der Waals surface area contributed by atoms with Gasteiger partial charge in [0.2, 0.25) is 5.91 Å². The first-order valence-corrected chi connectivity index (χ1v) is 9.20. The number of carbonyl (C=O) groups is 2. The SMILES string of the molecule is CC(=O)N[C@@H](CC(C)C)[C@@H]1O[C@@H](C(=O)OC(C)(C)C)C[C@H]1c1cnc[nH]1. The van der Waals surface area contributed by atoms with E-state index in [1.165, 1.54) is 6.92 Å². The highest BCUT2D eigenvalue weighted by Crippen LogP contribution is 2.38. The van der Waals surface area contributed by atoms with Crippen LogP contribution in [0.15, 0.2) is 12.5 Å². The number of hydrogen-bond acceptors (Lipinski definition) is 5. The molecule has 1 amide bonds. The fraction of sp³-hybridized carbons (Fsp3) is 0.737. The summed E-state index contributed by atoms with van der Waals surface area (Å²) in [6.07, 6.45) is 3.64. The quantitative estimate of drug-likeness (QED) is 0.756. The van der Waals surface area contributed by atoms with Crippen molar-refractivity contribution in [1.29, 1.82) is 0 Å². The fourth-order valence-electron chi connectivity index (χ4n) is 3.42.